The van der Waals surface area contributed by atoms with Crippen LogP contribution in [0.5, 0.6) is 0 Å². The number of hydrogen-bond acceptors (Lipinski definition) is 5. The lowest BCUT2D eigenvalue weighted by Gasteiger charge is -2.41. The van der Waals surface area contributed by atoms with Crippen molar-refractivity contribution < 1.29 is 19.2 Å². The van der Waals surface area contributed by atoms with Crippen LogP contribution in [0.3, 0.4) is 0 Å². The monoisotopic (exact) mass is 287 g/mol. The maximum Gasteiger partial charge on any atom is 0.314 e. The topological polar surface area (TPSA) is 78.7 Å². The van der Waals surface area contributed by atoms with Crippen LogP contribution in [0.15, 0.2) is 0 Å². The Hall–Kier alpha value is -1.17. The van der Waals surface area contributed by atoms with Crippen LogP contribution in [0.2, 0.25) is 0 Å². The fourth-order valence-corrected chi connectivity index (χ4v) is 2.50. The number of carbonyl (C=O) groups is 1. The summed E-state index contributed by atoms with van der Waals surface area (Å²) in [6.45, 7) is 11.1. The fourth-order valence-electron chi connectivity index (χ4n) is 2.50. The van der Waals surface area contributed by atoms with Crippen molar-refractivity contribution in [2.75, 3.05) is 6.54 Å². The van der Waals surface area contributed by atoms with Crippen molar-refractivity contribution in [3.8, 4) is 0 Å². The second-order valence-corrected chi connectivity index (χ2v) is 6.93. The Balaban J connectivity index is 2.91. The van der Waals surface area contributed by atoms with Gasteiger partial charge in [0.05, 0.1) is 12.0 Å². The standard InChI is InChI=1S/C14H25NO5/c1-8(2)10(7-15(17)18)11-9(3)19-13(14(4,5)6)20-12(11)16/h8-11,13H,7H2,1-6H3/t9-,10-,11+,13-/m1/s1. The molecule has 0 aromatic heterocycles. The van der Waals surface area contributed by atoms with Crippen molar-refractivity contribution in [1.82, 2.24) is 0 Å². The molecule has 0 aromatic rings. The first-order chi connectivity index (χ1) is 9.04. The van der Waals surface area contributed by atoms with Gasteiger partial charge in [-0.15, -0.1) is 0 Å². The predicted molar refractivity (Wildman–Crippen MR) is 73.6 cm³/mol. The van der Waals surface area contributed by atoms with E-state index in [-0.39, 0.29) is 40.8 Å². The molecule has 116 valence electrons. The molecular weight excluding hydrogens is 262 g/mol. The highest BCUT2D eigenvalue weighted by molar-refractivity contribution is 5.74. The van der Waals surface area contributed by atoms with Gasteiger partial charge in [0.1, 0.15) is 0 Å². The molecule has 0 aromatic carbocycles. The molecule has 0 saturated carbocycles. The molecule has 0 unspecified atom stereocenters. The Labute approximate surface area is 120 Å². The van der Waals surface area contributed by atoms with Gasteiger partial charge in [0, 0.05) is 16.3 Å². The lowest BCUT2D eigenvalue weighted by Crippen LogP contribution is -2.51. The van der Waals surface area contributed by atoms with Crippen LogP contribution < -0.4 is 0 Å². The van der Waals surface area contributed by atoms with Gasteiger partial charge in [-0.1, -0.05) is 34.6 Å². The molecule has 0 N–H and O–H groups in total. The zero-order chi connectivity index (χ0) is 15.7. The fraction of sp³-hybridized carbons (Fsp3) is 0.929. The third-order valence-electron chi connectivity index (χ3n) is 3.72. The molecular formula is C14H25NO5. The molecule has 1 aliphatic heterocycles. The Morgan fingerprint density at radius 2 is 1.90 bits per heavy atom. The van der Waals surface area contributed by atoms with Crippen LogP contribution in [0, 0.1) is 33.3 Å². The molecule has 0 bridgehead atoms. The summed E-state index contributed by atoms with van der Waals surface area (Å²) in [6, 6.07) is 0. The highest BCUT2D eigenvalue weighted by Crippen LogP contribution is 2.36. The first-order valence-corrected chi connectivity index (χ1v) is 7.01. The lowest BCUT2D eigenvalue weighted by molar-refractivity contribution is -0.492. The van der Waals surface area contributed by atoms with Gasteiger partial charge in [-0.2, -0.15) is 0 Å². The summed E-state index contributed by atoms with van der Waals surface area (Å²) < 4.78 is 11.1. The highest BCUT2D eigenvalue weighted by Gasteiger charge is 2.47. The second kappa shape index (κ2) is 6.08. The van der Waals surface area contributed by atoms with Gasteiger partial charge >= 0.3 is 5.97 Å². The number of carbonyl (C=O) groups excluding carboxylic acids is 1. The van der Waals surface area contributed by atoms with Crippen LogP contribution in [-0.4, -0.2) is 29.8 Å². The summed E-state index contributed by atoms with van der Waals surface area (Å²) >= 11 is 0. The minimum Gasteiger partial charge on any atom is -0.435 e. The number of cyclic esters (lactones) is 1. The molecule has 20 heavy (non-hydrogen) atoms. The van der Waals surface area contributed by atoms with Crippen molar-refractivity contribution in [3.63, 3.8) is 0 Å². The highest BCUT2D eigenvalue weighted by atomic mass is 16.7. The number of esters is 1. The Kier molecular flexibility index (Phi) is 5.13. The summed E-state index contributed by atoms with van der Waals surface area (Å²) in [5, 5.41) is 10.8. The third kappa shape index (κ3) is 3.91. The van der Waals surface area contributed by atoms with E-state index in [2.05, 4.69) is 0 Å². The van der Waals surface area contributed by atoms with Gasteiger partial charge in [0.25, 0.3) is 0 Å². The summed E-state index contributed by atoms with van der Waals surface area (Å²) in [5.74, 6) is -1.34. The smallest absolute Gasteiger partial charge is 0.314 e. The molecule has 6 nitrogen and oxygen atoms in total. The Morgan fingerprint density at radius 1 is 1.35 bits per heavy atom. The van der Waals surface area contributed by atoms with E-state index < -0.39 is 12.2 Å². The van der Waals surface area contributed by atoms with E-state index in [9.17, 15) is 14.9 Å². The maximum absolute atomic E-state index is 12.3. The van der Waals surface area contributed by atoms with Crippen LogP contribution in [0.4, 0.5) is 0 Å². The first-order valence-electron chi connectivity index (χ1n) is 7.01. The van der Waals surface area contributed by atoms with Crippen LogP contribution >= 0.6 is 0 Å². The van der Waals surface area contributed by atoms with E-state index >= 15 is 0 Å². The van der Waals surface area contributed by atoms with Gasteiger partial charge < -0.3 is 9.47 Å². The van der Waals surface area contributed by atoms with Crippen molar-refractivity contribution in [2.45, 2.75) is 53.9 Å². The average Bonchev–Trinajstić information content (AvgIpc) is 2.24. The minimum atomic E-state index is -0.607. The van der Waals surface area contributed by atoms with Gasteiger partial charge in [0.15, 0.2) is 0 Å². The van der Waals surface area contributed by atoms with Crippen molar-refractivity contribution in [2.24, 2.45) is 23.2 Å². The molecule has 4 atom stereocenters. The number of nitro groups is 1. The molecule has 0 aliphatic carbocycles. The largest absolute Gasteiger partial charge is 0.435 e. The van der Waals surface area contributed by atoms with Crippen LogP contribution in [0.25, 0.3) is 0 Å². The molecule has 0 amide bonds. The van der Waals surface area contributed by atoms with Crippen molar-refractivity contribution in [3.05, 3.63) is 10.1 Å². The quantitative estimate of drug-likeness (QED) is 0.451. The number of ether oxygens (including phenoxy) is 2. The minimum absolute atomic E-state index is 0.00943. The SMILES string of the molecule is CC(C)[C@@H](C[N+](=O)[O-])[C@H]1C(=O)O[C@H](C(C)(C)C)O[C@@H]1C. The van der Waals surface area contributed by atoms with Gasteiger partial charge in [0.2, 0.25) is 12.8 Å². The average molecular weight is 287 g/mol. The normalized spacial score (nSPS) is 29.1. The molecule has 0 spiro atoms. The number of hydrogen-bond donors (Lipinski definition) is 0. The maximum atomic E-state index is 12.3. The summed E-state index contributed by atoms with van der Waals surface area (Å²) in [6.07, 6.45) is -0.988. The zero-order valence-electron chi connectivity index (χ0n) is 13.1. The van der Waals surface area contributed by atoms with Crippen molar-refractivity contribution >= 4 is 5.97 Å². The van der Waals surface area contributed by atoms with Crippen LogP contribution in [0.1, 0.15) is 41.5 Å². The van der Waals surface area contributed by atoms with E-state index in [1.54, 1.807) is 6.92 Å². The number of rotatable bonds is 4. The summed E-state index contributed by atoms with van der Waals surface area (Å²) in [4.78, 5) is 22.7. The van der Waals surface area contributed by atoms with E-state index in [1.165, 1.54) is 0 Å². The zero-order valence-corrected chi connectivity index (χ0v) is 13.1. The first kappa shape index (κ1) is 16.9. The van der Waals surface area contributed by atoms with Crippen molar-refractivity contribution in [1.29, 1.82) is 0 Å². The molecule has 1 aliphatic rings. The third-order valence-corrected chi connectivity index (χ3v) is 3.72. The molecule has 1 rings (SSSR count). The Morgan fingerprint density at radius 3 is 2.25 bits per heavy atom. The van der Waals surface area contributed by atoms with E-state index in [0.717, 1.165) is 0 Å². The molecule has 1 fully saturated rings. The predicted octanol–water partition coefficient (Wildman–Crippen LogP) is 2.49. The molecule has 1 heterocycles. The summed E-state index contributed by atoms with van der Waals surface area (Å²) in [5.41, 5.74) is -0.314. The van der Waals surface area contributed by atoms with Gasteiger partial charge in [-0.25, -0.2) is 0 Å². The summed E-state index contributed by atoms with van der Waals surface area (Å²) in [7, 11) is 0. The molecule has 1 saturated heterocycles. The molecule has 6 heteroatoms. The molecule has 0 radical (unpaired) electrons. The van der Waals surface area contributed by atoms with E-state index in [1.807, 2.05) is 34.6 Å². The van der Waals surface area contributed by atoms with Gasteiger partial charge in [-0.05, 0) is 12.8 Å². The van der Waals surface area contributed by atoms with E-state index in [4.69, 9.17) is 9.47 Å². The van der Waals surface area contributed by atoms with E-state index in [0.29, 0.717) is 0 Å². The second-order valence-electron chi connectivity index (χ2n) is 6.93. The number of nitrogens with zero attached hydrogens (tertiary/aromatic N) is 1. The van der Waals surface area contributed by atoms with Gasteiger partial charge in [-0.3, -0.25) is 14.9 Å². The lowest BCUT2D eigenvalue weighted by atomic mass is 9.79. The Bertz CT molecular complexity index is 374. The van der Waals surface area contributed by atoms with Crippen LogP contribution in [-0.2, 0) is 14.3 Å².